The molecule has 2 nitrogen and oxygen atoms in total. The van der Waals surface area contributed by atoms with Gasteiger partial charge in [-0.25, -0.2) is 0 Å². The minimum Gasteiger partial charge on any atom is -0.493 e. The highest BCUT2D eigenvalue weighted by molar-refractivity contribution is 5.27. The van der Waals surface area contributed by atoms with E-state index in [-0.39, 0.29) is 5.60 Å². The lowest BCUT2D eigenvalue weighted by atomic mass is 10.1. The van der Waals surface area contributed by atoms with Crippen LogP contribution in [-0.4, -0.2) is 18.8 Å². The van der Waals surface area contributed by atoms with E-state index in [0.717, 1.165) is 25.2 Å². The van der Waals surface area contributed by atoms with Crippen LogP contribution in [0.2, 0.25) is 0 Å². The monoisotopic (exact) mass is 236 g/mol. The fraction of sp³-hybridized carbons (Fsp3) is 0.600. The van der Waals surface area contributed by atoms with Gasteiger partial charge in [0, 0.05) is 13.0 Å². The van der Waals surface area contributed by atoms with Crippen molar-refractivity contribution in [2.24, 2.45) is 0 Å². The average Bonchev–Trinajstić information content (AvgIpc) is 2.29. The Bertz CT molecular complexity index is 314. The Morgan fingerprint density at radius 1 is 1.06 bits per heavy atom. The molecule has 1 rings (SSSR count). The third-order valence-electron chi connectivity index (χ3n) is 2.84. The Hall–Kier alpha value is -1.02. The summed E-state index contributed by atoms with van der Waals surface area (Å²) in [5.41, 5.74) is 1.24. The van der Waals surface area contributed by atoms with Crippen molar-refractivity contribution in [3.05, 3.63) is 29.8 Å². The molecule has 0 amide bonds. The van der Waals surface area contributed by atoms with Gasteiger partial charge in [0.15, 0.2) is 0 Å². The third kappa shape index (κ3) is 5.22. The van der Waals surface area contributed by atoms with E-state index < -0.39 is 0 Å². The summed E-state index contributed by atoms with van der Waals surface area (Å²) in [4.78, 5) is 0. The van der Waals surface area contributed by atoms with Crippen molar-refractivity contribution in [2.45, 2.75) is 46.1 Å². The lowest BCUT2D eigenvalue weighted by Gasteiger charge is -2.24. The summed E-state index contributed by atoms with van der Waals surface area (Å²) in [6.07, 6.45) is 1.97. The first-order valence-electron chi connectivity index (χ1n) is 6.43. The summed E-state index contributed by atoms with van der Waals surface area (Å²) in [6.45, 7) is 9.81. The lowest BCUT2D eigenvalue weighted by Crippen LogP contribution is -2.26. The Balaban J connectivity index is 2.35. The number of aryl methyl sites for hydroxylation is 1. The van der Waals surface area contributed by atoms with Crippen LogP contribution in [-0.2, 0) is 11.2 Å². The summed E-state index contributed by atoms with van der Waals surface area (Å²) in [6, 6.07) is 8.30. The summed E-state index contributed by atoms with van der Waals surface area (Å²) < 4.78 is 11.3. The second-order valence-corrected chi connectivity index (χ2v) is 4.79. The lowest BCUT2D eigenvalue weighted by molar-refractivity contribution is -0.0238. The van der Waals surface area contributed by atoms with Gasteiger partial charge in [0.25, 0.3) is 0 Å². The minimum atomic E-state index is -0.0991. The SMILES string of the molecule is CCOC(C)(C)CCOc1ccc(CC)cc1. The molecule has 96 valence electrons. The molecule has 0 radical (unpaired) electrons. The molecule has 0 aliphatic rings. The molecule has 0 heterocycles. The molecular weight excluding hydrogens is 212 g/mol. The van der Waals surface area contributed by atoms with E-state index in [4.69, 9.17) is 9.47 Å². The van der Waals surface area contributed by atoms with E-state index in [2.05, 4.69) is 32.9 Å². The standard InChI is InChI=1S/C15H24O2/c1-5-13-7-9-14(10-8-13)16-12-11-15(3,4)17-6-2/h7-10H,5-6,11-12H2,1-4H3. The van der Waals surface area contributed by atoms with Gasteiger partial charge in [-0.3, -0.25) is 0 Å². The highest BCUT2D eigenvalue weighted by atomic mass is 16.5. The zero-order chi connectivity index (χ0) is 12.7. The maximum absolute atomic E-state index is 5.71. The molecule has 0 atom stereocenters. The van der Waals surface area contributed by atoms with Crippen LogP contribution in [0.25, 0.3) is 0 Å². The first-order chi connectivity index (χ1) is 8.07. The highest BCUT2D eigenvalue weighted by Crippen LogP contribution is 2.17. The second-order valence-electron chi connectivity index (χ2n) is 4.79. The molecule has 1 aromatic carbocycles. The smallest absolute Gasteiger partial charge is 0.119 e. The van der Waals surface area contributed by atoms with Crippen molar-refractivity contribution in [3.63, 3.8) is 0 Å². The van der Waals surface area contributed by atoms with Crippen LogP contribution in [0.15, 0.2) is 24.3 Å². The first kappa shape index (κ1) is 14.0. The van der Waals surface area contributed by atoms with Gasteiger partial charge in [0.2, 0.25) is 0 Å². The third-order valence-corrected chi connectivity index (χ3v) is 2.84. The molecule has 0 fully saturated rings. The van der Waals surface area contributed by atoms with Crippen molar-refractivity contribution >= 4 is 0 Å². The van der Waals surface area contributed by atoms with Crippen molar-refractivity contribution in [3.8, 4) is 5.75 Å². The van der Waals surface area contributed by atoms with Gasteiger partial charge in [-0.2, -0.15) is 0 Å². The maximum Gasteiger partial charge on any atom is 0.119 e. The minimum absolute atomic E-state index is 0.0991. The van der Waals surface area contributed by atoms with E-state index in [1.807, 2.05) is 19.1 Å². The number of hydrogen-bond donors (Lipinski definition) is 0. The number of benzene rings is 1. The predicted molar refractivity (Wildman–Crippen MR) is 71.6 cm³/mol. The molecule has 2 heteroatoms. The summed E-state index contributed by atoms with van der Waals surface area (Å²) >= 11 is 0. The van der Waals surface area contributed by atoms with E-state index in [1.165, 1.54) is 5.56 Å². The van der Waals surface area contributed by atoms with Gasteiger partial charge < -0.3 is 9.47 Å². The quantitative estimate of drug-likeness (QED) is 0.716. The van der Waals surface area contributed by atoms with Crippen LogP contribution in [0.3, 0.4) is 0 Å². The van der Waals surface area contributed by atoms with Gasteiger partial charge in [0.1, 0.15) is 5.75 Å². The van der Waals surface area contributed by atoms with Gasteiger partial charge >= 0.3 is 0 Å². The topological polar surface area (TPSA) is 18.5 Å². The molecule has 0 saturated heterocycles. The van der Waals surface area contributed by atoms with Crippen LogP contribution in [0.4, 0.5) is 0 Å². The molecule has 0 N–H and O–H groups in total. The predicted octanol–water partition coefficient (Wildman–Crippen LogP) is 3.83. The largest absolute Gasteiger partial charge is 0.493 e. The first-order valence-corrected chi connectivity index (χ1v) is 6.43. The number of hydrogen-bond acceptors (Lipinski definition) is 2. The molecular formula is C15H24O2. The zero-order valence-corrected chi connectivity index (χ0v) is 11.5. The van der Waals surface area contributed by atoms with E-state index in [1.54, 1.807) is 0 Å². The molecule has 0 unspecified atom stereocenters. The Kier molecular flexibility index (Phi) is 5.49. The van der Waals surface area contributed by atoms with Crippen molar-refractivity contribution < 1.29 is 9.47 Å². The van der Waals surface area contributed by atoms with E-state index in [9.17, 15) is 0 Å². The van der Waals surface area contributed by atoms with Gasteiger partial charge in [-0.1, -0.05) is 19.1 Å². The normalized spacial score (nSPS) is 11.5. The number of rotatable bonds is 7. The molecule has 17 heavy (non-hydrogen) atoms. The molecule has 1 aromatic rings. The van der Waals surface area contributed by atoms with Crippen molar-refractivity contribution in [2.75, 3.05) is 13.2 Å². The summed E-state index contributed by atoms with van der Waals surface area (Å²) in [5.74, 6) is 0.939. The highest BCUT2D eigenvalue weighted by Gasteiger charge is 2.17. The van der Waals surface area contributed by atoms with Crippen molar-refractivity contribution in [1.82, 2.24) is 0 Å². The Morgan fingerprint density at radius 3 is 2.24 bits per heavy atom. The summed E-state index contributed by atoms with van der Waals surface area (Å²) in [7, 11) is 0. The van der Waals surface area contributed by atoms with Gasteiger partial charge in [-0.15, -0.1) is 0 Å². The summed E-state index contributed by atoms with van der Waals surface area (Å²) in [5, 5.41) is 0. The molecule has 0 bridgehead atoms. The fourth-order valence-corrected chi connectivity index (χ4v) is 1.70. The second kappa shape index (κ2) is 6.65. The fourth-order valence-electron chi connectivity index (χ4n) is 1.70. The Morgan fingerprint density at radius 2 is 1.71 bits per heavy atom. The van der Waals surface area contributed by atoms with Crippen molar-refractivity contribution in [1.29, 1.82) is 0 Å². The number of ether oxygens (including phenoxy) is 2. The molecule has 0 aliphatic heterocycles. The van der Waals surface area contributed by atoms with Gasteiger partial charge in [-0.05, 0) is 44.9 Å². The van der Waals surface area contributed by atoms with E-state index >= 15 is 0 Å². The molecule has 0 aromatic heterocycles. The average molecular weight is 236 g/mol. The van der Waals surface area contributed by atoms with Crippen LogP contribution < -0.4 is 4.74 Å². The van der Waals surface area contributed by atoms with Gasteiger partial charge in [0.05, 0.1) is 12.2 Å². The Labute approximate surface area is 105 Å². The zero-order valence-electron chi connectivity index (χ0n) is 11.5. The maximum atomic E-state index is 5.71. The van der Waals surface area contributed by atoms with Crippen LogP contribution in [0.5, 0.6) is 5.75 Å². The van der Waals surface area contributed by atoms with Crippen LogP contribution in [0, 0.1) is 0 Å². The molecule has 0 spiro atoms. The molecule has 0 saturated carbocycles. The van der Waals surface area contributed by atoms with Crippen LogP contribution >= 0.6 is 0 Å². The molecule has 0 aliphatic carbocycles. The van der Waals surface area contributed by atoms with E-state index in [0.29, 0.717) is 6.61 Å². The van der Waals surface area contributed by atoms with Crippen LogP contribution in [0.1, 0.15) is 39.7 Å².